The summed E-state index contributed by atoms with van der Waals surface area (Å²) < 4.78 is 4.33. The number of aromatic nitrogens is 4. The normalized spacial score (nSPS) is 11.8. The van der Waals surface area contributed by atoms with Gasteiger partial charge in [0, 0.05) is 23.9 Å². The van der Waals surface area contributed by atoms with E-state index in [-0.39, 0.29) is 0 Å². The quantitative estimate of drug-likeness (QED) is 0.666. The molecule has 3 aromatic rings. The molecule has 0 radical (unpaired) electrons. The van der Waals surface area contributed by atoms with E-state index in [0.717, 1.165) is 24.5 Å². The van der Waals surface area contributed by atoms with E-state index in [9.17, 15) is 0 Å². The van der Waals surface area contributed by atoms with E-state index in [0.29, 0.717) is 0 Å². The summed E-state index contributed by atoms with van der Waals surface area (Å²) in [5.41, 5.74) is 4.73. The van der Waals surface area contributed by atoms with Gasteiger partial charge in [0.1, 0.15) is 0 Å². The van der Waals surface area contributed by atoms with Gasteiger partial charge < -0.3 is 0 Å². The minimum atomic E-state index is 0.994. The number of rotatable bonds is 6. The zero-order valence-electron chi connectivity index (χ0n) is 14.2. The molecule has 0 bridgehead atoms. The lowest BCUT2D eigenvalue weighted by Gasteiger charge is -2.04. The van der Waals surface area contributed by atoms with E-state index >= 15 is 0 Å². The van der Waals surface area contributed by atoms with Crippen LogP contribution in [0.5, 0.6) is 0 Å². The second-order valence-electron chi connectivity index (χ2n) is 6.21. The van der Waals surface area contributed by atoms with Crippen LogP contribution in [0.3, 0.4) is 0 Å². The van der Waals surface area contributed by atoms with Crippen LogP contribution in [-0.4, -0.2) is 19.6 Å². The summed E-state index contributed by atoms with van der Waals surface area (Å²) in [6, 6.07) is 4.57. The second-order valence-corrected chi connectivity index (χ2v) is 6.21. The average Bonchev–Trinajstić information content (AvgIpc) is 3.00. The first-order valence-corrected chi connectivity index (χ1v) is 8.50. The van der Waals surface area contributed by atoms with Crippen LogP contribution in [0.2, 0.25) is 0 Å². The highest BCUT2D eigenvalue weighted by molar-refractivity contribution is 5.97. The molecule has 118 valence electrons. The molecule has 2 heterocycles. The highest BCUT2D eigenvalue weighted by atomic mass is 15.3. The molecule has 2 aromatic heterocycles. The largest absolute Gasteiger partial charge is 0.265 e. The lowest BCUT2D eigenvalue weighted by atomic mass is 10.1. The minimum absolute atomic E-state index is 0.994. The molecule has 0 spiro atoms. The molecule has 4 nitrogen and oxygen atoms in total. The molecule has 0 aliphatic heterocycles. The summed E-state index contributed by atoms with van der Waals surface area (Å²) in [5.74, 6) is 0. The molecule has 0 unspecified atom stereocenters. The number of hydrogen-bond acceptors (Lipinski definition) is 2. The van der Waals surface area contributed by atoms with Gasteiger partial charge in [-0.15, -0.1) is 0 Å². The van der Waals surface area contributed by atoms with Crippen molar-refractivity contribution in [3.63, 3.8) is 0 Å². The van der Waals surface area contributed by atoms with Crippen LogP contribution < -0.4 is 0 Å². The van der Waals surface area contributed by atoms with Crippen LogP contribution in [0.1, 0.15) is 50.9 Å². The molecule has 0 aliphatic rings. The van der Waals surface area contributed by atoms with Crippen molar-refractivity contribution >= 4 is 21.8 Å². The van der Waals surface area contributed by atoms with Gasteiger partial charge in [-0.25, -0.2) is 0 Å². The van der Waals surface area contributed by atoms with Gasteiger partial charge in [0.2, 0.25) is 0 Å². The Morgan fingerprint density at radius 1 is 0.773 bits per heavy atom. The Bertz CT molecular complexity index is 731. The summed E-state index contributed by atoms with van der Waals surface area (Å²) in [6.07, 6.45) is 4.72. The zero-order chi connectivity index (χ0) is 15.7. The highest BCUT2D eigenvalue weighted by Gasteiger charge is 2.13. The third kappa shape index (κ3) is 2.51. The van der Waals surface area contributed by atoms with Crippen molar-refractivity contribution in [1.29, 1.82) is 0 Å². The van der Waals surface area contributed by atoms with Crippen molar-refractivity contribution < 1.29 is 0 Å². The SMILES string of the molecule is CCCCn1nc(C)c2cc3c(C)nn(CCCC)c3cc21. The smallest absolute Gasteiger partial charge is 0.0707 e. The van der Waals surface area contributed by atoms with Gasteiger partial charge in [-0.3, -0.25) is 9.36 Å². The second kappa shape index (κ2) is 6.11. The first-order chi connectivity index (χ1) is 10.7. The van der Waals surface area contributed by atoms with Gasteiger partial charge in [0.05, 0.1) is 22.4 Å². The number of hydrogen-bond donors (Lipinski definition) is 0. The fraction of sp³-hybridized carbons (Fsp3) is 0.556. The van der Waals surface area contributed by atoms with Crippen molar-refractivity contribution in [2.24, 2.45) is 0 Å². The third-order valence-electron chi connectivity index (χ3n) is 4.44. The van der Waals surface area contributed by atoms with Crippen LogP contribution in [-0.2, 0) is 13.1 Å². The maximum absolute atomic E-state index is 4.74. The van der Waals surface area contributed by atoms with Gasteiger partial charge in [-0.1, -0.05) is 26.7 Å². The maximum Gasteiger partial charge on any atom is 0.0707 e. The molecule has 22 heavy (non-hydrogen) atoms. The van der Waals surface area contributed by atoms with Crippen LogP contribution in [0.15, 0.2) is 12.1 Å². The molecular weight excluding hydrogens is 272 g/mol. The summed E-state index contributed by atoms with van der Waals surface area (Å²) in [7, 11) is 0. The number of nitrogens with zero attached hydrogens (tertiary/aromatic N) is 4. The van der Waals surface area contributed by atoms with Gasteiger partial charge in [0.15, 0.2) is 0 Å². The molecule has 0 saturated heterocycles. The number of fused-ring (bicyclic) bond motifs is 2. The van der Waals surface area contributed by atoms with E-state index in [4.69, 9.17) is 10.2 Å². The lowest BCUT2D eigenvalue weighted by molar-refractivity contribution is 0.580. The van der Waals surface area contributed by atoms with Crippen molar-refractivity contribution in [3.05, 3.63) is 23.5 Å². The Labute approximate surface area is 132 Å². The molecule has 0 N–H and O–H groups in total. The fourth-order valence-corrected chi connectivity index (χ4v) is 3.12. The predicted molar refractivity (Wildman–Crippen MR) is 92.3 cm³/mol. The highest BCUT2D eigenvalue weighted by Crippen LogP contribution is 2.27. The van der Waals surface area contributed by atoms with Gasteiger partial charge in [0.25, 0.3) is 0 Å². The Kier molecular flexibility index (Phi) is 4.19. The Balaban J connectivity index is 2.16. The van der Waals surface area contributed by atoms with Gasteiger partial charge in [-0.05, 0) is 38.8 Å². The molecule has 1 aromatic carbocycles. The molecule has 3 rings (SSSR count). The Morgan fingerprint density at radius 2 is 1.23 bits per heavy atom. The molecular formula is C18H26N4. The van der Waals surface area contributed by atoms with E-state index in [1.54, 1.807) is 0 Å². The minimum Gasteiger partial charge on any atom is -0.265 e. The summed E-state index contributed by atoms with van der Waals surface area (Å²) in [5, 5.41) is 12.0. The molecule has 0 fully saturated rings. The van der Waals surface area contributed by atoms with E-state index in [2.05, 4.69) is 49.2 Å². The van der Waals surface area contributed by atoms with E-state index in [1.807, 2.05) is 0 Å². The van der Waals surface area contributed by atoms with Gasteiger partial charge >= 0.3 is 0 Å². The average molecular weight is 298 g/mol. The number of unbranched alkanes of at least 4 members (excludes halogenated alkanes) is 2. The first kappa shape index (κ1) is 15.1. The number of aryl methyl sites for hydroxylation is 4. The number of benzene rings is 1. The third-order valence-corrected chi connectivity index (χ3v) is 4.44. The van der Waals surface area contributed by atoms with Crippen molar-refractivity contribution in [3.8, 4) is 0 Å². The predicted octanol–water partition coefficient (Wildman–Crippen LogP) is 4.60. The van der Waals surface area contributed by atoms with E-state index in [1.165, 1.54) is 47.5 Å². The monoisotopic (exact) mass is 298 g/mol. The van der Waals surface area contributed by atoms with Crippen LogP contribution in [0.25, 0.3) is 21.8 Å². The maximum atomic E-state index is 4.74. The van der Waals surface area contributed by atoms with E-state index < -0.39 is 0 Å². The van der Waals surface area contributed by atoms with Crippen molar-refractivity contribution in [2.45, 2.75) is 66.5 Å². The topological polar surface area (TPSA) is 35.6 Å². The summed E-state index contributed by atoms with van der Waals surface area (Å²) in [4.78, 5) is 0. The molecule has 4 heteroatoms. The van der Waals surface area contributed by atoms with Crippen molar-refractivity contribution in [2.75, 3.05) is 0 Å². The summed E-state index contributed by atoms with van der Waals surface area (Å²) >= 11 is 0. The summed E-state index contributed by atoms with van der Waals surface area (Å²) in [6.45, 7) is 10.6. The standard InChI is InChI=1S/C18H26N4/c1-5-7-9-21-17-12-18-16(11-15(17)13(3)19-21)14(4)20-22(18)10-8-6-2/h11-12H,5-10H2,1-4H3. The van der Waals surface area contributed by atoms with Gasteiger partial charge in [-0.2, -0.15) is 10.2 Å². The zero-order valence-corrected chi connectivity index (χ0v) is 14.2. The molecule has 0 atom stereocenters. The Morgan fingerprint density at radius 3 is 1.64 bits per heavy atom. The molecule has 0 aliphatic carbocycles. The fourth-order valence-electron chi connectivity index (χ4n) is 3.12. The van der Waals surface area contributed by atoms with Crippen LogP contribution in [0.4, 0.5) is 0 Å². The lowest BCUT2D eigenvalue weighted by Crippen LogP contribution is -2.01. The van der Waals surface area contributed by atoms with Crippen LogP contribution >= 0.6 is 0 Å². The molecule has 0 amide bonds. The molecule has 0 saturated carbocycles. The van der Waals surface area contributed by atoms with Crippen molar-refractivity contribution in [1.82, 2.24) is 19.6 Å². The first-order valence-electron chi connectivity index (χ1n) is 8.50. The Hall–Kier alpha value is -1.84. The van der Waals surface area contributed by atoms with Crippen LogP contribution in [0, 0.1) is 13.8 Å².